The molecule has 4 atom stereocenters. The first-order chi connectivity index (χ1) is 6.57. The van der Waals surface area contributed by atoms with E-state index >= 15 is 0 Å². The topological polar surface area (TPSA) is 0 Å². The van der Waals surface area contributed by atoms with Crippen molar-refractivity contribution in [2.75, 3.05) is 0 Å². The fraction of sp³-hybridized carbons (Fsp3) is 0.857. The van der Waals surface area contributed by atoms with Gasteiger partial charge in [-0.25, -0.2) is 0 Å². The first-order valence-corrected chi connectivity index (χ1v) is 6.18. The van der Waals surface area contributed by atoms with Crippen LogP contribution in [-0.2, 0) is 0 Å². The molecule has 0 aliphatic heterocycles. The van der Waals surface area contributed by atoms with Gasteiger partial charge in [0.1, 0.15) is 0 Å². The van der Waals surface area contributed by atoms with Crippen LogP contribution in [0.25, 0.3) is 0 Å². The Labute approximate surface area is 88.8 Å². The Kier molecular flexibility index (Phi) is 2.49. The highest BCUT2D eigenvalue weighted by Gasteiger charge is 2.54. The van der Waals surface area contributed by atoms with E-state index in [4.69, 9.17) is 0 Å². The molecular formula is C14H24. The Morgan fingerprint density at radius 3 is 2.64 bits per heavy atom. The Balaban J connectivity index is 2.03. The SMILES string of the molecule is C=CCC(C)C1CCC2CC1C2(C)C. The monoisotopic (exact) mass is 192 g/mol. The molecule has 80 valence electrons. The molecule has 2 bridgehead atoms. The van der Waals surface area contributed by atoms with Crippen LogP contribution in [0.3, 0.4) is 0 Å². The molecule has 0 N–H and O–H groups in total. The fourth-order valence-corrected chi connectivity index (χ4v) is 3.99. The van der Waals surface area contributed by atoms with E-state index in [0.29, 0.717) is 5.41 Å². The van der Waals surface area contributed by atoms with Gasteiger partial charge in [-0.1, -0.05) is 26.8 Å². The minimum atomic E-state index is 0.651. The number of fused-ring (bicyclic) bond motifs is 2. The maximum atomic E-state index is 3.87. The first-order valence-electron chi connectivity index (χ1n) is 6.18. The predicted molar refractivity (Wildman–Crippen MR) is 62.1 cm³/mol. The van der Waals surface area contributed by atoms with Crippen molar-refractivity contribution in [3.8, 4) is 0 Å². The molecule has 3 fully saturated rings. The molecule has 4 unspecified atom stereocenters. The van der Waals surface area contributed by atoms with Gasteiger partial charge in [0.2, 0.25) is 0 Å². The molecule has 3 saturated carbocycles. The van der Waals surface area contributed by atoms with Crippen molar-refractivity contribution in [2.45, 2.75) is 46.5 Å². The highest BCUT2D eigenvalue weighted by molar-refractivity contribution is 5.04. The summed E-state index contributed by atoms with van der Waals surface area (Å²) in [6.07, 6.45) is 7.78. The van der Waals surface area contributed by atoms with E-state index in [0.717, 1.165) is 23.7 Å². The predicted octanol–water partition coefficient (Wildman–Crippen LogP) is 4.27. The maximum absolute atomic E-state index is 3.87. The average molecular weight is 192 g/mol. The van der Waals surface area contributed by atoms with Crippen molar-refractivity contribution in [2.24, 2.45) is 29.1 Å². The normalized spacial score (nSPS) is 41.2. The second-order valence-corrected chi connectivity index (χ2v) is 6.10. The van der Waals surface area contributed by atoms with Gasteiger partial charge in [-0.15, -0.1) is 6.58 Å². The van der Waals surface area contributed by atoms with Crippen molar-refractivity contribution in [1.82, 2.24) is 0 Å². The van der Waals surface area contributed by atoms with Crippen LogP contribution in [0.1, 0.15) is 46.5 Å². The third kappa shape index (κ3) is 1.34. The van der Waals surface area contributed by atoms with E-state index < -0.39 is 0 Å². The van der Waals surface area contributed by atoms with Crippen molar-refractivity contribution in [1.29, 1.82) is 0 Å². The van der Waals surface area contributed by atoms with Gasteiger partial charge in [-0.2, -0.15) is 0 Å². The Morgan fingerprint density at radius 2 is 2.14 bits per heavy atom. The molecule has 0 aromatic heterocycles. The summed E-state index contributed by atoms with van der Waals surface area (Å²) < 4.78 is 0. The fourth-order valence-electron chi connectivity index (χ4n) is 3.99. The molecule has 0 saturated heterocycles. The summed E-state index contributed by atoms with van der Waals surface area (Å²) in [7, 11) is 0. The summed E-state index contributed by atoms with van der Waals surface area (Å²) in [5.41, 5.74) is 0.651. The van der Waals surface area contributed by atoms with Crippen LogP contribution < -0.4 is 0 Å². The van der Waals surface area contributed by atoms with Crippen LogP contribution in [-0.4, -0.2) is 0 Å². The molecule has 0 heteroatoms. The number of hydrogen-bond donors (Lipinski definition) is 0. The number of hydrogen-bond acceptors (Lipinski definition) is 0. The molecule has 0 amide bonds. The number of rotatable bonds is 3. The van der Waals surface area contributed by atoms with E-state index in [1.807, 2.05) is 0 Å². The van der Waals surface area contributed by atoms with Gasteiger partial charge in [0.05, 0.1) is 0 Å². The summed E-state index contributed by atoms with van der Waals surface area (Å²) >= 11 is 0. The molecular weight excluding hydrogens is 168 g/mol. The Bertz CT molecular complexity index is 224. The van der Waals surface area contributed by atoms with Gasteiger partial charge in [0.25, 0.3) is 0 Å². The van der Waals surface area contributed by atoms with Crippen LogP contribution in [0.15, 0.2) is 12.7 Å². The van der Waals surface area contributed by atoms with Crippen molar-refractivity contribution in [3.63, 3.8) is 0 Å². The molecule has 0 aromatic rings. The van der Waals surface area contributed by atoms with Crippen LogP contribution in [0.5, 0.6) is 0 Å². The standard InChI is InChI=1S/C14H24/c1-5-6-10(2)12-8-7-11-9-13(12)14(11,3)4/h5,10-13H,1,6-9H2,2-4H3. The van der Waals surface area contributed by atoms with Crippen molar-refractivity contribution in [3.05, 3.63) is 12.7 Å². The van der Waals surface area contributed by atoms with Gasteiger partial charge >= 0.3 is 0 Å². The Hall–Kier alpha value is -0.260. The van der Waals surface area contributed by atoms with E-state index in [-0.39, 0.29) is 0 Å². The molecule has 0 heterocycles. The lowest BCUT2D eigenvalue weighted by atomic mass is 9.44. The van der Waals surface area contributed by atoms with Crippen molar-refractivity contribution >= 4 is 0 Å². The molecule has 0 radical (unpaired) electrons. The highest BCUT2D eigenvalue weighted by atomic mass is 14.6. The lowest BCUT2D eigenvalue weighted by Gasteiger charge is -2.61. The minimum Gasteiger partial charge on any atom is -0.103 e. The zero-order chi connectivity index (χ0) is 10.3. The quantitative estimate of drug-likeness (QED) is 0.586. The smallest absolute Gasteiger partial charge is 0.0295 e. The van der Waals surface area contributed by atoms with Gasteiger partial charge in [0.15, 0.2) is 0 Å². The Morgan fingerprint density at radius 1 is 1.43 bits per heavy atom. The van der Waals surface area contributed by atoms with Gasteiger partial charge in [-0.05, 0) is 54.8 Å². The van der Waals surface area contributed by atoms with Gasteiger partial charge < -0.3 is 0 Å². The summed E-state index contributed by atoms with van der Waals surface area (Å²) in [4.78, 5) is 0. The van der Waals surface area contributed by atoms with Crippen LogP contribution >= 0.6 is 0 Å². The molecule has 3 aliphatic carbocycles. The lowest BCUT2D eigenvalue weighted by molar-refractivity contribution is -0.118. The summed E-state index contributed by atoms with van der Waals surface area (Å²) in [5, 5.41) is 0. The van der Waals surface area contributed by atoms with Crippen LogP contribution in [0.4, 0.5) is 0 Å². The molecule has 0 nitrogen and oxygen atoms in total. The van der Waals surface area contributed by atoms with Gasteiger partial charge in [-0.3, -0.25) is 0 Å². The zero-order valence-corrected chi connectivity index (χ0v) is 9.92. The largest absolute Gasteiger partial charge is 0.103 e. The molecule has 14 heavy (non-hydrogen) atoms. The minimum absolute atomic E-state index is 0.651. The molecule has 3 aliphatic rings. The number of allylic oxidation sites excluding steroid dienone is 1. The van der Waals surface area contributed by atoms with Gasteiger partial charge in [0, 0.05) is 0 Å². The third-order valence-electron chi connectivity index (χ3n) is 5.18. The van der Waals surface area contributed by atoms with E-state index in [2.05, 4.69) is 33.4 Å². The zero-order valence-electron chi connectivity index (χ0n) is 9.92. The molecule has 0 aromatic carbocycles. The summed E-state index contributed by atoms with van der Waals surface area (Å²) in [5.74, 6) is 3.89. The van der Waals surface area contributed by atoms with E-state index in [1.165, 1.54) is 25.7 Å². The van der Waals surface area contributed by atoms with E-state index in [9.17, 15) is 0 Å². The first kappa shape index (κ1) is 10.3. The second-order valence-electron chi connectivity index (χ2n) is 6.10. The maximum Gasteiger partial charge on any atom is -0.0295 e. The average Bonchev–Trinajstić information content (AvgIpc) is 2.18. The lowest BCUT2D eigenvalue weighted by Crippen LogP contribution is -2.53. The van der Waals surface area contributed by atoms with Crippen molar-refractivity contribution < 1.29 is 0 Å². The van der Waals surface area contributed by atoms with Crippen LogP contribution in [0, 0.1) is 29.1 Å². The molecule has 0 spiro atoms. The summed E-state index contributed by atoms with van der Waals surface area (Å²) in [6.45, 7) is 11.3. The van der Waals surface area contributed by atoms with Crippen LogP contribution in [0.2, 0.25) is 0 Å². The van der Waals surface area contributed by atoms with E-state index in [1.54, 1.807) is 0 Å². The second kappa shape index (κ2) is 3.40. The highest BCUT2D eigenvalue weighted by Crippen LogP contribution is 2.62. The molecule has 3 rings (SSSR count). The third-order valence-corrected chi connectivity index (χ3v) is 5.18. The summed E-state index contributed by atoms with van der Waals surface area (Å²) in [6, 6.07) is 0.